The van der Waals surface area contributed by atoms with Gasteiger partial charge in [-0.1, -0.05) is 11.6 Å². The highest BCUT2D eigenvalue weighted by atomic mass is 16.5. The molecule has 2 aromatic heterocycles. The summed E-state index contributed by atoms with van der Waals surface area (Å²) >= 11 is 0. The number of aromatic nitrogens is 3. The Bertz CT molecular complexity index is 514. The Labute approximate surface area is 99.4 Å². The maximum absolute atomic E-state index is 5.05. The average molecular weight is 227 g/mol. The number of rotatable bonds is 3. The summed E-state index contributed by atoms with van der Waals surface area (Å²) < 4.78 is 5.05. The molecule has 0 atom stereocenters. The molecule has 1 saturated carbocycles. The summed E-state index contributed by atoms with van der Waals surface area (Å²) in [6.45, 7) is 0. The molecule has 2 heterocycles. The van der Waals surface area contributed by atoms with Gasteiger partial charge in [0.25, 0.3) is 0 Å². The van der Waals surface area contributed by atoms with Gasteiger partial charge in [-0.15, -0.1) is 0 Å². The molecule has 0 spiro atoms. The van der Waals surface area contributed by atoms with Crippen molar-refractivity contribution in [3.8, 4) is 0 Å². The van der Waals surface area contributed by atoms with Gasteiger partial charge in [0, 0.05) is 17.7 Å². The van der Waals surface area contributed by atoms with E-state index < -0.39 is 0 Å². The summed E-state index contributed by atoms with van der Waals surface area (Å²) in [5.74, 6) is 0.579. The summed E-state index contributed by atoms with van der Waals surface area (Å²) in [4.78, 5) is 0. The van der Waals surface area contributed by atoms with E-state index in [1.807, 2.05) is 24.3 Å². The zero-order chi connectivity index (χ0) is 11.5. The first-order valence-electron chi connectivity index (χ1n) is 5.83. The Hall–Kier alpha value is -1.97. The van der Waals surface area contributed by atoms with E-state index in [1.54, 1.807) is 12.5 Å². The van der Waals surface area contributed by atoms with Crippen molar-refractivity contribution in [1.82, 2.24) is 15.4 Å². The highest BCUT2D eigenvalue weighted by Crippen LogP contribution is 2.37. The SMILES string of the molecule is C(=C\c1conc1C1CCC1)/c1cccnn1. The third-order valence-electron chi connectivity index (χ3n) is 3.14. The van der Waals surface area contributed by atoms with Gasteiger partial charge in [0.15, 0.2) is 0 Å². The maximum atomic E-state index is 5.05. The molecule has 0 radical (unpaired) electrons. The molecule has 4 heteroatoms. The second kappa shape index (κ2) is 4.49. The molecule has 86 valence electrons. The summed E-state index contributed by atoms with van der Waals surface area (Å²) in [6, 6.07) is 3.78. The predicted octanol–water partition coefficient (Wildman–Crippen LogP) is 2.90. The fourth-order valence-electron chi connectivity index (χ4n) is 1.95. The lowest BCUT2D eigenvalue weighted by Crippen LogP contribution is -2.09. The molecule has 17 heavy (non-hydrogen) atoms. The van der Waals surface area contributed by atoms with Crippen LogP contribution in [0.5, 0.6) is 0 Å². The van der Waals surface area contributed by atoms with E-state index in [0.717, 1.165) is 17.0 Å². The van der Waals surface area contributed by atoms with E-state index in [0.29, 0.717) is 5.92 Å². The molecule has 0 aromatic carbocycles. The molecule has 2 aromatic rings. The lowest BCUT2D eigenvalue weighted by Gasteiger charge is -2.23. The van der Waals surface area contributed by atoms with Crippen LogP contribution in [0.3, 0.4) is 0 Å². The van der Waals surface area contributed by atoms with E-state index >= 15 is 0 Å². The minimum absolute atomic E-state index is 0.579. The third-order valence-corrected chi connectivity index (χ3v) is 3.14. The molecule has 0 aliphatic heterocycles. The lowest BCUT2D eigenvalue weighted by molar-refractivity contribution is 0.363. The monoisotopic (exact) mass is 227 g/mol. The molecular formula is C13H13N3O. The van der Waals surface area contributed by atoms with Gasteiger partial charge in [0.2, 0.25) is 0 Å². The fourth-order valence-corrected chi connectivity index (χ4v) is 1.95. The molecule has 3 rings (SSSR count). The van der Waals surface area contributed by atoms with E-state index in [-0.39, 0.29) is 0 Å². The van der Waals surface area contributed by atoms with Crippen LogP contribution in [0.4, 0.5) is 0 Å². The van der Waals surface area contributed by atoms with Crippen LogP contribution in [0, 0.1) is 0 Å². The van der Waals surface area contributed by atoms with Gasteiger partial charge in [-0.2, -0.15) is 10.2 Å². The minimum Gasteiger partial charge on any atom is -0.364 e. The summed E-state index contributed by atoms with van der Waals surface area (Å²) in [5, 5.41) is 11.9. The smallest absolute Gasteiger partial charge is 0.131 e. The molecule has 0 amide bonds. The van der Waals surface area contributed by atoms with Crippen LogP contribution in [0.2, 0.25) is 0 Å². The highest BCUT2D eigenvalue weighted by molar-refractivity contribution is 5.68. The van der Waals surface area contributed by atoms with Crippen molar-refractivity contribution in [2.75, 3.05) is 0 Å². The molecule has 1 aliphatic carbocycles. The molecule has 0 unspecified atom stereocenters. The topological polar surface area (TPSA) is 51.8 Å². The molecule has 1 aliphatic rings. The Kier molecular flexibility index (Phi) is 2.69. The minimum atomic E-state index is 0.579. The normalized spacial score (nSPS) is 16.2. The summed E-state index contributed by atoms with van der Waals surface area (Å²) in [5.41, 5.74) is 2.98. The van der Waals surface area contributed by atoms with Crippen molar-refractivity contribution < 1.29 is 4.52 Å². The fraction of sp³-hybridized carbons (Fsp3) is 0.308. The second-order valence-electron chi connectivity index (χ2n) is 4.26. The van der Waals surface area contributed by atoms with Crippen molar-refractivity contribution in [1.29, 1.82) is 0 Å². The van der Waals surface area contributed by atoms with Crippen molar-refractivity contribution in [2.45, 2.75) is 25.2 Å². The average Bonchev–Trinajstić information content (AvgIpc) is 2.74. The largest absolute Gasteiger partial charge is 0.364 e. The van der Waals surface area contributed by atoms with E-state index in [1.165, 1.54) is 19.3 Å². The Morgan fingerprint density at radius 1 is 1.29 bits per heavy atom. The molecule has 0 N–H and O–H groups in total. The van der Waals surface area contributed by atoms with Crippen LogP contribution in [-0.2, 0) is 0 Å². The molecule has 1 fully saturated rings. The van der Waals surface area contributed by atoms with Crippen molar-refractivity contribution in [3.63, 3.8) is 0 Å². The van der Waals surface area contributed by atoms with Gasteiger partial charge in [-0.3, -0.25) is 0 Å². The van der Waals surface area contributed by atoms with Crippen LogP contribution >= 0.6 is 0 Å². The number of hydrogen-bond donors (Lipinski definition) is 0. The highest BCUT2D eigenvalue weighted by Gasteiger charge is 2.24. The van der Waals surface area contributed by atoms with Gasteiger partial charge in [0.1, 0.15) is 6.26 Å². The zero-order valence-electron chi connectivity index (χ0n) is 9.41. The quantitative estimate of drug-likeness (QED) is 0.809. The number of hydrogen-bond acceptors (Lipinski definition) is 4. The van der Waals surface area contributed by atoms with Gasteiger partial charge in [-0.05, 0) is 37.1 Å². The second-order valence-corrected chi connectivity index (χ2v) is 4.26. The van der Waals surface area contributed by atoms with E-state index in [2.05, 4.69) is 15.4 Å². The van der Waals surface area contributed by atoms with E-state index in [9.17, 15) is 0 Å². The molecule has 0 saturated heterocycles. The van der Waals surface area contributed by atoms with Gasteiger partial charge in [0.05, 0.1) is 11.4 Å². The van der Waals surface area contributed by atoms with Gasteiger partial charge >= 0.3 is 0 Å². The Morgan fingerprint density at radius 2 is 2.24 bits per heavy atom. The first-order valence-corrected chi connectivity index (χ1v) is 5.83. The first-order chi connectivity index (χ1) is 8.43. The molecule has 0 bridgehead atoms. The van der Waals surface area contributed by atoms with Crippen LogP contribution in [0.15, 0.2) is 29.1 Å². The molecule has 4 nitrogen and oxygen atoms in total. The summed E-state index contributed by atoms with van der Waals surface area (Å²) in [6.07, 6.45) is 11.0. The van der Waals surface area contributed by atoms with Gasteiger partial charge in [-0.25, -0.2) is 0 Å². The predicted molar refractivity (Wildman–Crippen MR) is 64.1 cm³/mol. The van der Waals surface area contributed by atoms with Crippen LogP contribution in [-0.4, -0.2) is 15.4 Å². The Balaban J connectivity index is 1.81. The van der Waals surface area contributed by atoms with Crippen LogP contribution in [0.1, 0.15) is 42.1 Å². The molecular weight excluding hydrogens is 214 g/mol. The number of nitrogens with zero attached hydrogens (tertiary/aromatic N) is 3. The zero-order valence-corrected chi connectivity index (χ0v) is 9.41. The summed E-state index contributed by atoms with van der Waals surface area (Å²) in [7, 11) is 0. The standard InChI is InChI=1S/C13H13N3O/c1-3-10(4-1)13-11(9-17-16-13)6-7-12-5-2-8-14-15-12/h2,5-10H,1,3-4H2/b7-6+. The maximum Gasteiger partial charge on any atom is 0.131 e. The van der Waals surface area contributed by atoms with Crippen molar-refractivity contribution >= 4 is 12.2 Å². The van der Waals surface area contributed by atoms with Crippen LogP contribution < -0.4 is 0 Å². The third kappa shape index (κ3) is 2.11. The van der Waals surface area contributed by atoms with Gasteiger partial charge < -0.3 is 4.52 Å². The lowest BCUT2D eigenvalue weighted by atomic mass is 9.81. The van der Waals surface area contributed by atoms with Crippen LogP contribution in [0.25, 0.3) is 12.2 Å². The van der Waals surface area contributed by atoms with E-state index in [4.69, 9.17) is 4.52 Å². The van der Waals surface area contributed by atoms with Crippen molar-refractivity contribution in [3.05, 3.63) is 41.5 Å². The Morgan fingerprint density at radius 3 is 2.94 bits per heavy atom. The first kappa shape index (κ1) is 10.2. The van der Waals surface area contributed by atoms with Crippen molar-refractivity contribution in [2.24, 2.45) is 0 Å².